The lowest BCUT2D eigenvalue weighted by Gasteiger charge is -2.36. The molecule has 4 nitrogen and oxygen atoms in total. The maximum atomic E-state index is 12.9. The molecule has 1 aliphatic heterocycles. The quantitative estimate of drug-likeness (QED) is 0.780. The normalized spacial score (nSPS) is 16.2. The van der Waals surface area contributed by atoms with E-state index in [1.54, 1.807) is 6.07 Å². The second-order valence-corrected chi connectivity index (χ2v) is 9.01. The molecule has 0 radical (unpaired) electrons. The fourth-order valence-electron chi connectivity index (χ4n) is 3.04. The SMILES string of the molecule is Cc1ccc(C)c(N2CCN(S(=O)(=O)c3cc(Cl)ccc3Cl)CC2)c1. The summed E-state index contributed by atoms with van der Waals surface area (Å²) < 4.78 is 27.3. The van der Waals surface area contributed by atoms with E-state index in [4.69, 9.17) is 23.2 Å². The summed E-state index contributed by atoms with van der Waals surface area (Å²) in [4.78, 5) is 2.30. The van der Waals surface area contributed by atoms with Crippen molar-refractivity contribution in [3.63, 3.8) is 0 Å². The summed E-state index contributed by atoms with van der Waals surface area (Å²) >= 11 is 12.0. The summed E-state index contributed by atoms with van der Waals surface area (Å²) in [6.07, 6.45) is 0. The van der Waals surface area contributed by atoms with E-state index >= 15 is 0 Å². The van der Waals surface area contributed by atoms with Gasteiger partial charge in [0.05, 0.1) is 5.02 Å². The Labute approximate surface area is 159 Å². The molecule has 25 heavy (non-hydrogen) atoms. The van der Waals surface area contributed by atoms with Gasteiger partial charge < -0.3 is 4.90 Å². The Hall–Kier alpha value is -1.27. The third-order valence-electron chi connectivity index (χ3n) is 4.46. The van der Waals surface area contributed by atoms with E-state index in [1.807, 2.05) is 0 Å². The van der Waals surface area contributed by atoms with Crippen LogP contribution in [0.1, 0.15) is 11.1 Å². The number of anilines is 1. The van der Waals surface area contributed by atoms with Gasteiger partial charge in [-0.2, -0.15) is 4.31 Å². The first-order chi connectivity index (χ1) is 11.8. The molecule has 3 rings (SSSR count). The second-order valence-electron chi connectivity index (χ2n) is 6.26. The van der Waals surface area contributed by atoms with Gasteiger partial charge in [0.15, 0.2) is 0 Å². The van der Waals surface area contributed by atoms with Crippen LogP contribution in [0.5, 0.6) is 0 Å². The standard InChI is InChI=1S/C18H20Cl2N2O2S/c1-13-3-4-14(2)17(11-13)21-7-9-22(10-8-21)25(23,24)18-12-15(19)5-6-16(18)20/h3-6,11-12H,7-10H2,1-2H3. The van der Waals surface area contributed by atoms with E-state index in [0.29, 0.717) is 31.2 Å². The highest BCUT2D eigenvalue weighted by Gasteiger charge is 2.30. The number of rotatable bonds is 3. The number of sulfonamides is 1. The van der Waals surface area contributed by atoms with E-state index in [2.05, 4.69) is 36.9 Å². The molecule has 1 aliphatic rings. The number of benzene rings is 2. The van der Waals surface area contributed by atoms with E-state index in [0.717, 1.165) is 5.69 Å². The number of hydrogen-bond donors (Lipinski definition) is 0. The average Bonchev–Trinajstić information content (AvgIpc) is 2.59. The van der Waals surface area contributed by atoms with Gasteiger partial charge in [-0.05, 0) is 49.2 Å². The molecule has 0 spiro atoms. The van der Waals surface area contributed by atoms with Gasteiger partial charge in [0.2, 0.25) is 10.0 Å². The summed E-state index contributed by atoms with van der Waals surface area (Å²) in [5.41, 5.74) is 3.55. The van der Waals surface area contributed by atoms with Gasteiger partial charge in [0, 0.05) is 36.9 Å². The highest BCUT2D eigenvalue weighted by Crippen LogP contribution is 2.29. The van der Waals surface area contributed by atoms with Crippen LogP contribution in [0.4, 0.5) is 5.69 Å². The van der Waals surface area contributed by atoms with Crippen molar-refractivity contribution < 1.29 is 8.42 Å². The van der Waals surface area contributed by atoms with Crippen molar-refractivity contribution in [3.05, 3.63) is 57.6 Å². The molecule has 0 unspecified atom stereocenters. The Morgan fingerprint density at radius 2 is 1.60 bits per heavy atom. The molecule has 0 amide bonds. The third-order valence-corrected chi connectivity index (χ3v) is 7.07. The van der Waals surface area contributed by atoms with Gasteiger partial charge in [-0.1, -0.05) is 35.3 Å². The number of piperazine rings is 1. The molecule has 0 N–H and O–H groups in total. The van der Waals surface area contributed by atoms with Crippen molar-refractivity contribution in [3.8, 4) is 0 Å². The van der Waals surface area contributed by atoms with E-state index in [-0.39, 0.29) is 9.92 Å². The molecule has 0 aliphatic carbocycles. The van der Waals surface area contributed by atoms with Crippen LogP contribution in [0.15, 0.2) is 41.3 Å². The van der Waals surface area contributed by atoms with Crippen molar-refractivity contribution in [2.24, 2.45) is 0 Å². The second kappa shape index (κ2) is 7.16. The van der Waals surface area contributed by atoms with E-state index in [1.165, 1.54) is 27.6 Å². The lowest BCUT2D eigenvalue weighted by Crippen LogP contribution is -2.48. The van der Waals surface area contributed by atoms with Gasteiger partial charge in [-0.25, -0.2) is 8.42 Å². The fourth-order valence-corrected chi connectivity index (χ4v) is 5.20. The van der Waals surface area contributed by atoms with Crippen LogP contribution in [0, 0.1) is 13.8 Å². The van der Waals surface area contributed by atoms with Crippen molar-refractivity contribution in [1.29, 1.82) is 0 Å². The molecule has 134 valence electrons. The Morgan fingerprint density at radius 3 is 2.28 bits per heavy atom. The molecule has 7 heteroatoms. The largest absolute Gasteiger partial charge is 0.369 e. The molecule has 0 saturated carbocycles. The number of hydrogen-bond acceptors (Lipinski definition) is 3. The van der Waals surface area contributed by atoms with Gasteiger partial charge in [0.25, 0.3) is 0 Å². The molecular weight excluding hydrogens is 379 g/mol. The molecular formula is C18H20Cl2N2O2S. The summed E-state index contributed by atoms with van der Waals surface area (Å²) in [5, 5.41) is 0.554. The van der Waals surface area contributed by atoms with Crippen LogP contribution in [0.3, 0.4) is 0 Å². The summed E-state index contributed by atoms with van der Waals surface area (Å²) in [5.74, 6) is 0. The van der Waals surface area contributed by atoms with Crippen LogP contribution in [0.2, 0.25) is 10.0 Å². The van der Waals surface area contributed by atoms with Crippen LogP contribution in [-0.2, 0) is 10.0 Å². The highest BCUT2D eigenvalue weighted by molar-refractivity contribution is 7.89. The Morgan fingerprint density at radius 1 is 0.920 bits per heavy atom. The van der Waals surface area contributed by atoms with Crippen LogP contribution in [0.25, 0.3) is 0 Å². The topological polar surface area (TPSA) is 40.6 Å². The summed E-state index contributed by atoms with van der Waals surface area (Å²) in [6.45, 7) is 6.24. The highest BCUT2D eigenvalue weighted by atomic mass is 35.5. The minimum Gasteiger partial charge on any atom is -0.369 e. The first-order valence-electron chi connectivity index (χ1n) is 8.06. The molecule has 0 atom stereocenters. The van der Waals surface area contributed by atoms with Gasteiger partial charge >= 0.3 is 0 Å². The first kappa shape index (κ1) is 18.5. The number of halogens is 2. The molecule has 1 saturated heterocycles. The van der Waals surface area contributed by atoms with Crippen molar-refractivity contribution in [2.75, 3.05) is 31.1 Å². The predicted molar refractivity (Wildman–Crippen MR) is 103 cm³/mol. The van der Waals surface area contributed by atoms with Crippen molar-refractivity contribution in [1.82, 2.24) is 4.31 Å². The zero-order valence-electron chi connectivity index (χ0n) is 14.2. The number of nitrogens with zero attached hydrogens (tertiary/aromatic N) is 2. The monoisotopic (exact) mass is 398 g/mol. The summed E-state index contributed by atoms with van der Waals surface area (Å²) in [6, 6.07) is 10.8. The van der Waals surface area contributed by atoms with Gasteiger partial charge in [0.1, 0.15) is 4.90 Å². The fraction of sp³-hybridized carbons (Fsp3) is 0.333. The zero-order chi connectivity index (χ0) is 18.2. The Balaban J connectivity index is 1.80. The first-order valence-corrected chi connectivity index (χ1v) is 10.3. The van der Waals surface area contributed by atoms with Gasteiger partial charge in [-0.3, -0.25) is 0 Å². The smallest absolute Gasteiger partial charge is 0.244 e. The molecule has 0 bridgehead atoms. The Bertz CT molecular complexity index is 892. The lowest BCUT2D eigenvalue weighted by molar-refractivity contribution is 0.385. The van der Waals surface area contributed by atoms with Crippen LogP contribution >= 0.6 is 23.2 Å². The maximum Gasteiger partial charge on any atom is 0.244 e. The molecule has 1 heterocycles. The lowest BCUT2D eigenvalue weighted by atomic mass is 10.1. The number of aryl methyl sites for hydroxylation is 2. The van der Waals surface area contributed by atoms with Crippen molar-refractivity contribution in [2.45, 2.75) is 18.7 Å². The van der Waals surface area contributed by atoms with Crippen molar-refractivity contribution >= 4 is 38.9 Å². The molecule has 2 aromatic carbocycles. The molecule has 0 aromatic heterocycles. The minimum absolute atomic E-state index is 0.0712. The third kappa shape index (κ3) is 3.80. The maximum absolute atomic E-state index is 12.9. The van der Waals surface area contributed by atoms with Gasteiger partial charge in [-0.15, -0.1) is 0 Å². The van der Waals surface area contributed by atoms with Crippen LogP contribution < -0.4 is 4.90 Å². The summed E-state index contributed by atoms with van der Waals surface area (Å²) in [7, 11) is -3.65. The zero-order valence-corrected chi connectivity index (χ0v) is 16.5. The predicted octanol–water partition coefficient (Wildman–Crippen LogP) is 4.12. The average molecular weight is 399 g/mol. The minimum atomic E-state index is -3.65. The van der Waals surface area contributed by atoms with E-state index < -0.39 is 10.0 Å². The van der Waals surface area contributed by atoms with Crippen LogP contribution in [-0.4, -0.2) is 38.9 Å². The molecule has 1 fully saturated rings. The van der Waals surface area contributed by atoms with E-state index in [9.17, 15) is 8.42 Å². The molecule has 2 aromatic rings. The Kier molecular flexibility index (Phi) is 5.30.